The lowest BCUT2D eigenvalue weighted by atomic mass is 10.2. The third-order valence-electron chi connectivity index (χ3n) is 1.77. The third-order valence-corrected chi connectivity index (χ3v) is 1.77. The number of fused-ring (bicyclic) bond motifs is 1. The summed E-state index contributed by atoms with van der Waals surface area (Å²) in [5.41, 5.74) is 2.56. The molecule has 0 fully saturated rings. The van der Waals surface area contributed by atoms with Crippen molar-refractivity contribution in [1.82, 2.24) is 4.97 Å². The SMILES string of the molecule is COc1ccc2c(c1)NO[N+]2([O-])[O-]. The van der Waals surface area contributed by atoms with Crippen molar-refractivity contribution in [3.05, 3.63) is 28.6 Å². The quantitative estimate of drug-likeness (QED) is 0.524. The minimum absolute atomic E-state index is 0.0131. The lowest BCUT2D eigenvalue weighted by molar-refractivity contribution is -0.0195. The summed E-state index contributed by atoms with van der Waals surface area (Å²) in [6.45, 7) is 0. The number of quaternary nitrogens is 1. The van der Waals surface area contributed by atoms with Gasteiger partial charge in [0.15, 0.2) is 5.69 Å². The molecule has 6 nitrogen and oxygen atoms in total. The van der Waals surface area contributed by atoms with Crippen molar-refractivity contribution < 1.29 is 9.68 Å². The second-order valence-corrected chi connectivity index (χ2v) is 2.57. The van der Waals surface area contributed by atoms with E-state index in [0.29, 0.717) is 11.4 Å². The highest BCUT2D eigenvalue weighted by Crippen LogP contribution is 2.38. The van der Waals surface area contributed by atoms with Crippen LogP contribution in [-0.4, -0.2) is 7.11 Å². The maximum absolute atomic E-state index is 11.0. The smallest absolute Gasteiger partial charge is 0.194 e. The maximum atomic E-state index is 11.0. The van der Waals surface area contributed by atoms with E-state index in [4.69, 9.17) is 4.74 Å². The number of methoxy groups -OCH3 is 1. The van der Waals surface area contributed by atoms with Gasteiger partial charge < -0.3 is 15.2 Å². The zero-order chi connectivity index (χ0) is 9.47. The number of hydrogen-bond donors (Lipinski definition) is 1. The number of ether oxygens (including phenoxy) is 1. The summed E-state index contributed by atoms with van der Waals surface area (Å²) in [4.78, 5) is 2.12. The summed E-state index contributed by atoms with van der Waals surface area (Å²) in [7, 11) is 1.49. The fraction of sp³-hybridized carbons (Fsp3) is 0.143. The van der Waals surface area contributed by atoms with Crippen LogP contribution in [-0.2, 0) is 4.94 Å². The topological polar surface area (TPSA) is 76.6 Å². The van der Waals surface area contributed by atoms with Gasteiger partial charge >= 0.3 is 0 Å². The van der Waals surface area contributed by atoms with Gasteiger partial charge in [-0.3, -0.25) is 0 Å². The Morgan fingerprint density at radius 2 is 2.23 bits per heavy atom. The van der Waals surface area contributed by atoms with Crippen LogP contribution in [0.3, 0.4) is 0 Å². The zero-order valence-corrected chi connectivity index (χ0v) is 6.81. The molecule has 1 aromatic rings. The summed E-state index contributed by atoms with van der Waals surface area (Å²) in [6, 6.07) is 4.41. The van der Waals surface area contributed by atoms with Gasteiger partial charge in [0.2, 0.25) is 0 Å². The van der Waals surface area contributed by atoms with Crippen LogP contribution in [0.15, 0.2) is 18.2 Å². The number of rotatable bonds is 1. The van der Waals surface area contributed by atoms with Gasteiger partial charge in [0.05, 0.1) is 7.11 Å². The monoisotopic (exact) mass is 183 g/mol. The molecule has 1 aromatic carbocycles. The van der Waals surface area contributed by atoms with E-state index in [1.165, 1.54) is 25.3 Å². The first kappa shape index (κ1) is 8.27. The third kappa shape index (κ3) is 1.21. The van der Waals surface area contributed by atoms with Gasteiger partial charge in [0.1, 0.15) is 11.4 Å². The van der Waals surface area contributed by atoms with Crippen LogP contribution in [0.2, 0.25) is 0 Å². The van der Waals surface area contributed by atoms with Crippen LogP contribution >= 0.6 is 0 Å². The normalized spacial score (nSPS) is 17.8. The molecule has 0 unspecified atom stereocenters. The van der Waals surface area contributed by atoms with Crippen molar-refractivity contribution in [2.45, 2.75) is 0 Å². The Labute approximate surface area is 73.9 Å². The predicted octanol–water partition coefficient (Wildman–Crippen LogP) is 1.27. The van der Waals surface area contributed by atoms with Crippen molar-refractivity contribution >= 4 is 11.4 Å². The van der Waals surface area contributed by atoms with Gasteiger partial charge in [-0.05, 0) is 6.07 Å². The zero-order valence-electron chi connectivity index (χ0n) is 6.81. The van der Waals surface area contributed by atoms with Crippen LogP contribution in [0.1, 0.15) is 0 Å². The van der Waals surface area contributed by atoms with Crippen molar-refractivity contribution in [1.29, 1.82) is 0 Å². The minimum Gasteiger partial charge on any atom is -0.590 e. The van der Waals surface area contributed by atoms with E-state index in [9.17, 15) is 10.4 Å². The van der Waals surface area contributed by atoms with E-state index in [-0.39, 0.29) is 5.69 Å². The first-order chi connectivity index (χ1) is 6.13. The Hall–Kier alpha value is -1.34. The first-order valence-corrected chi connectivity index (χ1v) is 3.58. The number of benzene rings is 1. The molecule has 70 valence electrons. The Balaban J connectivity index is 2.46. The summed E-state index contributed by atoms with van der Waals surface area (Å²) < 4.78 is 4.90. The van der Waals surface area contributed by atoms with Crippen molar-refractivity contribution in [3.8, 4) is 5.75 Å². The van der Waals surface area contributed by atoms with Crippen molar-refractivity contribution in [2.75, 3.05) is 12.6 Å². The average Bonchev–Trinajstić information content (AvgIpc) is 2.42. The summed E-state index contributed by atoms with van der Waals surface area (Å²) in [5.74, 6) is 0.553. The van der Waals surface area contributed by atoms with E-state index in [1.807, 2.05) is 0 Å². The second kappa shape index (κ2) is 2.57. The van der Waals surface area contributed by atoms with Crippen LogP contribution in [0.25, 0.3) is 0 Å². The lowest BCUT2D eigenvalue weighted by Gasteiger charge is -2.34. The van der Waals surface area contributed by atoms with E-state index in [1.54, 1.807) is 0 Å². The molecule has 0 saturated carbocycles. The molecule has 0 spiro atoms. The largest absolute Gasteiger partial charge is 0.590 e. The molecule has 0 bridgehead atoms. The van der Waals surface area contributed by atoms with Crippen LogP contribution in [0.5, 0.6) is 5.75 Å². The lowest BCUT2D eigenvalue weighted by Crippen LogP contribution is -2.32. The van der Waals surface area contributed by atoms with Crippen LogP contribution < -0.4 is 15.2 Å². The highest BCUT2D eigenvalue weighted by atomic mass is 17.2. The highest BCUT2D eigenvalue weighted by molar-refractivity contribution is 5.71. The van der Waals surface area contributed by atoms with Crippen molar-refractivity contribution in [3.63, 3.8) is 0 Å². The number of nitrogens with one attached hydrogen (secondary N) is 1. The van der Waals surface area contributed by atoms with E-state index in [2.05, 4.69) is 10.4 Å². The van der Waals surface area contributed by atoms with Crippen LogP contribution in [0.4, 0.5) is 11.4 Å². The predicted molar refractivity (Wildman–Crippen MR) is 46.2 cm³/mol. The van der Waals surface area contributed by atoms with E-state index < -0.39 is 4.97 Å². The summed E-state index contributed by atoms with van der Waals surface area (Å²) in [6.07, 6.45) is 0. The Morgan fingerprint density at radius 3 is 2.92 bits per heavy atom. The molecular formula is C7H7N2O4-. The fourth-order valence-corrected chi connectivity index (χ4v) is 1.12. The second-order valence-electron chi connectivity index (χ2n) is 2.57. The average molecular weight is 183 g/mol. The molecule has 1 N–H and O–H groups in total. The van der Waals surface area contributed by atoms with E-state index >= 15 is 0 Å². The molecule has 1 heterocycles. The number of hydrogen-bond acceptors (Lipinski definition) is 5. The molecule has 0 atom stereocenters. The minimum atomic E-state index is -2.11. The number of anilines is 1. The van der Waals surface area contributed by atoms with Gasteiger partial charge in [-0.1, -0.05) is 4.94 Å². The molecule has 0 aliphatic carbocycles. The molecule has 0 amide bonds. The van der Waals surface area contributed by atoms with Gasteiger partial charge in [0.25, 0.3) is 0 Å². The van der Waals surface area contributed by atoms with Crippen molar-refractivity contribution in [2.24, 2.45) is 0 Å². The molecule has 2 rings (SSSR count). The Kier molecular flexibility index (Phi) is 1.64. The molecule has 0 saturated heterocycles. The van der Waals surface area contributed by atoms with Gasteiger partial charge in [-0.15, -0.1) is 0 Å². The van der Waals surface area contributed by atoms with E-state index in [0.717, 1.165) is 0 Å². The van der Waals surface area contributed by atoms with Gasteiger partial charge in [-0.25, -0.2) is 5.48 Å². The molecule has 1 aliphatic heterocycles. The standard InChI is InChI=1S/C7H7N2O4/c1-12-5-2-3-7-6(4-5)8-13-9(7,10)11/h2-4,8H,1H3/q-1. The van der Waals surface area contributed by atoms with Gasteiger partial charge in [0, 0.05) is 12.1 Å². The first-order valence-electron chi connectivity index (χ1n) is 3.58. The Bertz CT molecular complexity index is 339. The molecule has 6 heteroatoms. The summed E-state index contributed by atoms with van der Waals surface area (Å²) >= 11 is 0. The number of nitrogens with zero attached hydrogens (tertiary/aromatic N) is 1. The highest BCUT2D eigenvalue weighted by Gasteiger charge is 2.26. The molecule has 0 aromatic heterocycles. The van der Waals surface area contributed by atoms with Gasteiger partial charge in [-0.2, -0.15) is 4.97 Å². The summed E-state index contributed by atoms with van der Waals surface area (Å²) in [5, 5.41) is 22.0. The maximum Gasteiger partial charge on any atom is 0.194 e. The molecule has 0 radical (unpaired) electrons. The fourth-order valence-electron chi connectivity index (χ4n) is 1.12. The molecule has 1 aliphatic rings. The molecule has 13 heavy (non-hydrogen) atoms. The van der Waals surface area contributed by atoms with Crippen LogP contribution in [0, 0.1) is 10.4 Å². The Morgan fingerprint density at radius 1 is 1.46 bits per heavy atom. The molecular weight excluding hydrogens is 176 g/mol.